The van der Waals surface area contributed by atoms with E-state index in [2.05, 4.69) is 15.0 Å². The number of amides is 1. The zero-order valence-corrected chi connectivity index (χ0v) is 7.34. The highest BCUT2D eigenvalue weighted by atomic mass is 35.5. The number of rotatable bonds is 3. The molecule has 0 saturated heterocycles. The molecule has 0 aliphatic carbocycles. The van der Waals surface area contributed by atoms with E-state index in [0.29, 0.717) is 6.54 Å². The van der Waals surface area contributed by atoms with Crippen LogP contribution in [0.2, 0.25) is 0 Å². The second-order valence-electron chi connectivity index (χ2n) is 2.38. The number of aromatic nitrogens is 1. The van der Waals surface area contributed by atoms with Gasteiger partial charge in [-0.25, -0.2) is 0 Å². The molecule has 1 N–H and O–H groups in total. The van der Waals surface area contributed by atoms with Crippen molar-refractivity contribution in [3.05, 3.63) is 18.0 Å². The van der Waals surface area contributed by atoms with Crippen LogP contribution in [0.1, 0.15) is 17.4 Å². The number of alkyl halides is 1. The second-order valence-corrected chi connectivity index (χ2v) is 3.12. The van der Waals surface area contributed by atoms with Crippen LogP contribution < -0.4 is 5.32 Å². The van der Waals surface area contributed by atoms with Crippen molar-refractivity contribution in [2.24, 2.45) is 0 Å². The number of nitrogens with zero attached hydrogens (tertiary/aromatic N) is 1. The number of hydrogen-bond donors (Lipinski definition) is 1. The van der Waals surface area contributed by atoms with E-state index < -0.39 is 0 Å². The van der Waals surface area contributed by atoms with Crippen LogP contribution in [-0.4, -0.2) is 23.0 Å². The standard InChI is InChI=1S/C7H9ClN2O2/c1-5(8)4-9-7(11)6-2-3-12-10-6/h2-3,5H,4H2,1H3,(H,9,11). The van der Waals surface area contributed by atoms with Crippen LogP contribution in [0.15, 0.2) is 16.9 Å². The van der Waals surface area contributed by atoms with Gasteiger partial charge in [-0.2, -0.15) is 0 Å². The van der Waals surface area contributed by atoms with Crippen molar-refractivity contribution in [1.29, 1.82) is 0 Å². The monoisotopic (exact) mass is 188 g/mol. The normalized spacial score (nSPS) is 12.5. The molecule has 0 aliphatic heterocycles. The predicted octanol–water partition coefficient (Wildman–Crippen LogP) is 1.03. The van der Waals surface area contributed by atoms with Gasteiger partial charge in [-0.15, -0.1) is 11.6 Å². The van der Waals surface area contributed by atoms with E-state index in [1.165, 1.54) is 12.3 Å². The third kappa shape index (κ3) is 2.54. The molecule has 0 fully saturated rings. The molecule has 0 aliphatic rings. The molecule has 5 heteroatoms. The summed E-state index contributed by atoms with van der Waals surface area (Å²) < 4.78 is 4.50. The number of carbonyl (C=O) groups is 1. The number of hydrogen-bond acceptors (Lipinski definition) is 3. The first-order valence-electron chi connectivity index (χ1n) is 3.53. The number of nitrogens with one attached hydrogen (secondary N) is 1. The summed E-state index contributed by atoms with van der Waals surface area (Å²) >= 11 is 5.62. The Bertz CT molecular complexity index is 246. The van der Waals surface area contributed by atoms with Crippen LogP contribution in [0, 0.1) is 0 Å². The fourth-order valence-electron chi connectivity index (χ4n) is 0.654. The maximum atomic E-state index is 11.1. The van der Waals surface area contributed by atoms with Gasteiger partial charge in [-0.3, -0.25) is 4.79 Å². The van der Waals surface area contributed by atoms with E-state index >= 15 is 0 Å². The molecule has 12 heavy (non-hydrogen) atoms. The lowest BCUT2D eigenvalue weighted by Crippen LogP contribution is -2.28. The largest absolute Gasteiger partial charge is 0.364 e. The molecular formula is C7H9ClN2O2. The molecule has 0 saturated carbocycles. The van der Waals surface area contributed by atoms with Crippen molar-refractivity contribution in [2.75, 3.05) is 6.54 Å². The molecule has 1 heterocycles. The van der Waals surface area contributed by atoms with Crippen LogP contribution in [0.4, 0.5) is 0 Å². The van der Waals surface area contributed by atoms with Gasteiger partial charge < -0.3 is 9.84 Å². The minimum Gasteiger partial charge on any atom is -0.364 e. The maximum Gasteiger partial charge on any atom is 0.273 e. The Hall–Kier alpha value is -1.03. The molecule has 1 aromatic rings. The number of carbonyl (C=O) groups excluding carboxylic acids is 1. The molecule has 1 rings (SSSR count). The Labute approximate surface area is 74.9 Å². The Kier molecular flexibility index (Phi) is 3.10. The average Bonchev–Trinajstić information content (AvgIpc) is 2.51. The van der Waals surface area contributed by atoms with Gasteiger partial charge in [-0.1, -0.05) is 5.16 Å². The molecule has 66 valence electrons. The van der Waals surface area contributed by atoms with Gasteiger partial charge in [0.1, 0.15) is 6.26 Å². The van der Waals surface area contributed by atoms with Crippen molar-refractivity contribution in [3.8, 4) is 0 Å². The van der Waals surface area contributed by atoms with Gasteiger partial charge in [-0.05, 0) is 6.92 Å². The third-order valence-electron chi connectivity index (χ3n) is 1.21. The van der Waals surface area contributed by atoms with Crippen molar-refractivity contribution in [3.63, 3.8) is 0 Å². The average molecular weight is 189 g/mol. The molecule has 1 atom stereocenters. The fourth-order valence-corrected chi connectivity index (χ4v) is 0.731. The summed E-state index contributed by atoms with van der Waals surface area (Å²) in [6, 6.07) is 1.49. The summed E-state index contributed by atoms with van der Waals surface area (Å²) in [6.07, 6.45) is 1.35. The quantitative estimate of drug-likeness (QED) is 0.721. The minimum atomic E-state index is -0.267. The maximum absolute atomic E-state index is 11.1. The molecular weight excluding hydrogens is 180 g/mol. The molecule has 0 radical (unpaired) electrons. The fraction of sp³-hybridized carbons (Fsp3) is 0.429. The molecule has 1 aromatic heterocycles. The van der Waals surface area contributed by atoms with Gasteiger partial charge in [0.05, 0.1) is 0 Å². The Morgan fingerprint density at radius 2 is 2.67 bits per heavy atom. The van der Waals surface area contributed by atoms with Gasteiger partial charge >= 0.3 is 0 Å². The van der Waals surface area contributed by atoms with Gasteiger partial charge in [0.15, 0.2) is 5.69 Å². The van der Waals surface area contributed by atoms with Crippen molar-refractivity contribution in [2.45, 2.75) is 12.3 Å². The van der Waals surface area contributed by atoms with E-state index in [9.17, 15) is 4.79 Å². The Morgan fingerprint density at radius 3 is 3.17 bits per heavy atom. The topological polar surface area (TPSA) is 55.1 Å². The Morgan fingerprint density at radius 1 is 1.92 bits per heavy atom. The van der Waals surface area contributed by atoms with Crippen LogP contribution in [-0.2, 0) is 0 Å². The highest BCUT2D eigenvalue weighted by Crippen LogP contribution is 1.95. The van der Waals surface area contributed by atoms with Gasteiger partial charge in [0.25, 0.3) is 5.91 Å². The SMILES string of the molecule is CC(Cl)CNC(=O)c1ccon1. The lowest BCUT2D eigenvalue weighted by atomic mass is 10.4. The summed E-state index contributed by atoms with van der Waals surface area (Å²) in [4.78, 5) is 11.1. The zero-order valence-electron chi connectivity index (χ0n) is 6.58. The summed E-state index contributed by atoms with van der Waals surface area (Å²) in [5.41, 5.74) is 0.271. The van der Waals surface area contributed by atoms with Crippen LogP contribution in [0.25, 0.3) is 0 Å². The van der Waals surface area contributed by atoms with Gasteiger partial charge in [0, 0.05) is 18.0 Å². The van der Waals surface area contributed by atoms with E-state index in [-0.39, 0.29) is 17.0 Å². The zero-order chi connectivity index (χ0) is 8.97. The van der Waals surface area contributed by atoms with E-state index in [0.717, 1.165) is 0 Å². The lowest BCUT2D eigenvalue weighted by Gasteiger charge is -2.02. The molecule has 0 spiro atoms. The predicted molar refractivity (Wildman–Crippen MR) is 44.2 cm³/mol. The minimum absolute atomic E-state index is 0.0825. The van der Waals surface area contributed by atoms with Crippen molar-refractivity contribution in [1.82, 2.24) is 10.5 Å². The summed E-state index contributed by atoms with van der Waals surface area (Å²) in [5.74, 6) is -0.267. The summed E-state index contributed by atoms with van der Waals surface area (Å²) in [6.45, 7) is 2.22. The van der Waals surface area contributed by atoms with E-state index in [4.69, 9.17) is 11.6 Å². The van der Waals surface area contributed by atoms with Crippen molar-refractivity contribution >= 4 is 17.5 Å². The molecule has 1 unspecified atom stereocenters. The smallest absolute Gasteiger partial charge is 0.273 e. The Balaban J connectivity index is 2.40. The number of halogens is 1. The first-order valence-corrected chi connectivity index (χ1v) is 3.96. The molecule has 0 aromatic carbocycles. The molecule has 1 amide bonds. The van der Waals surface area contributed by atoms with E-state index in [1.54, 1.807) is 6.92 Å². The second kappa shape index (κ2) is 4.11. The summed E-state index contributed by atoms with van der Waals surface area (Å²) in [5, 5.41) is 5.97. The molecule has 0 bridgehead atoms. The summed E-state index contributed by atoms with van der Waals surface area (Å²) in [7, 11) is 0. The third-order valence-corrected chi connectivity index (χ3v) is 1.37. The molecule has 4 nitrogen and oxygen atoms in total. The highest BCUT2D eigenvalue weighted by molar-refractivity contribution is 6.20. The van der Waals surface area contributed by atoms with Crippen molar-refractivity contribution < 1.29 is 9.32 Å². The van der Waals surface area contributed by atoms with Crippen LogP contribution in [0.5, 0.6) is 0 Å². The van der Waals surface area contributed by atoms with E-state index in [1.807, 2.05) is 0 Å². The van der Waals surface area contributed by atoms with Crippen LogP contribution >= 0.6 is 11.6 Å². The van der Waals surface area contributed by atoms with Gasteiger partial charge in [0.2, 0.25) is 0 Å². The first kappa shape index (κ1) is 9.06. The lowest BCUT2D eigenvalue weighted by molar-refractivity contribution is 0.0945. The first-order chi connectivity index (χ1) is 5.70. The highest BCUT2D eigenvalue weighted by Gasteiger charge is 2.08. The van der Waals surface area contributed by atoms with Crippen LogP contribution in [0.3, 0.4) is 0 Å².